The molecule has 1 aliphatic heterocycles. The van der Waals surface area contributed by atoms with Gasteiger partial charge in [0.15, 0.2) is 6.10 Å². The molecule has 2 N–H and O–H groups in total. The Balaban J connectivity index is 1.93. The standard InChI is InChI=1S/C13H15NO4/c1-8-2-4-9(5-3-8)14-12(15)10-6-7-11(18-10)13(16)17/h2-5,10-11H,6-7H2,1H3,(H,14,15)(H,16,17)/t10-,11+/m0/s1. The fourth-order valence-corrected chi connectivity index (χ4v) is 1.87. The predicted octanol–water partition coefficient (Wildman–Crippen LogP) is 1.57. The van der Waals surface area contributed by atoms with E-state index in [1.165, 1.54) is 0 Å². The third kappa shape index (κ3) is 2.87. The second-order valence-electron chi connectivity index (χ2n) is 4.38. The quantitative estimate of drug-likeness (QED) is 0.852. The Hall–Kier alpha value is -1.88. The van der Waals surface area contributed by atoms with E-state index in [1.807, 2.05) is 19.1 Å². The normalized spacial score (nSPS) is 22.7. The third-order valence-corrected chi connectivity index (χ3v) is 2.91. The van der Waals surface area contributed by atoms with Gasteiger partial charge >= 0.3 is 5.97 Å². The van der Waals surface area contributed by atoms with Crippen molar-refractivity contribution >= 4 is 17.6 Å². The first-order valence-corrected chi connectivity index (χ1v) is 5.82. The van der Waals surface area contributed by atoms with Crippen molar-refractivity contribution in [2.24, 2.45) is 0 Å². The summed E-state index contributed by atoms with van der Waals surface area (Å²) in [5.41, 5.74) is 1.80. The lowest BCUT2D eigenvalue weighted by molar-refractivity contribution is -0.150. The maximum Gasteiger partial charge on any atom is 0.332 e. The van der Waals surface area contributed by atoms with E-state index in [0.717, 1.165) is 5.56 Å². The minimum Gasteiger partial charge on any atom is -0.479 e. The van der Waals surface area contributed by atoms with Crippen LogP contribution in [0, 0.1) is 6.92 Å². The molecule has 1 aromatic carbocycles. The summed E-state index contributed by atoms with van der Waals surface area (Å²) < 4.78 is 5.17. The van der Waals surface area contributed by atoms with Crippen LogP contribution in [0.1, 0.15) is 18.4 Å². The maximum atomic E-state index is 11.8. The molecule has 2 rings (SSSR count). The third-order valence-electron chi connectivity index (χ3n) is 2.91. The summed E-state index contributed by atoms with van der Waals surface area (Å²) in [6, 6.07) is 7.39. The zero-order chi connectivity index (χ0) is 13.1. The van der Waals surface area contributed by atoms with E-state index < -0.39 is 18.2 Å². The van der Waals surface area contributed by atoms with E-state index >= 15 is 0 Å². The number of hydrogen-bond donors (Lipinski definition) is 2. The van der Waals surface area contributed by atoms with Crippen LogP contribution in [0.25, 0.3) is 0 Å². The van der Waals surface area contributed by atoms with Gasteiger partial charge in [0.25, 0.3) is 5.91 Å². The fourth-order valence-electron chi connectivity index (χ4n) is 1.87. The predicted molar refractivity (Wildman–Crippen MR) is 65.3 cm³/mol. The number of rotatable bonds is 3. The van der Waals surface area contributed by atoms with Gasteiger partial charge in [0.2, 0.25) is 0 Å². The summed E-state index contributed by atoms with van der Waals surface area (Å²) in [5, 5.41) is 11.5. The number of benzene rings is 1. The summed E-state index contributed by atoms with van der Waals surface area (Å²) in [5.74, 6) is -1.30. The molecule has 0 unspecified atom stereocenters. The average Bonchev–Trinajstić information content (AvgIpc) is 2.81. The van der Waals surface area contributed by atoms with Crippen LogP contribution in [0.15, 0.2) is 24.3 Å². The van der Waals surface area contributed by atoms with Gasteiger partial charge in [-0.1, -0.05) is 17.7 Å². The molecule has 96 valence electrons. The highest BCUT2D eigenvalue weighted by molar-refractivity contribution is 5.94. The monoisotopic (exact) mass is 249 g/mol. The number of ether oxygens (including phenoxy) is 1. The molecule has 0 radical (unpaired) electrons. The van der Waals surface area contributed by atoms with Gasteiger partial charge in [-0.05, 0) is 31.9 Å². The molecule has 5 nitrogen and oxygen atoms in total. The molecule has 1 aromatic rings. The Morgan fingerprint density at radius 1 is 1.22 bits per heavy atom. The van der Waals surface area contributed by atoms with Gasteiger partial charge in [-0.15, -0.1) is 0 Å². The van der Waals surface area contributed by atoms with Gasteiger partial charge in [-0.3, -0.25) is 4.79 Å². The lowest BCUT2D eigenvalue weighted by Crippen LogP contribution is -2.29. The van der Waals surface area contributed by atoms with Crippen molar-refractivity contribution < 1.29 is 19.4 Å². The number of nitrogens with one attached hydrogen (secondary N) is 1. The lowest BCUT2D eigenvalue weighted by atomic mass is 10.2. The Labute approximate surface area is 105 Å². The number of aliphatic carboxylic acids is 1. The van der Waals surface area contributed by atoms with Crippen molar-refractivity contribution in [2.75, 3.05) is 5.32 Å². The Morgan fingerprint density at radius 3 is 2.39 bits per heavy atom. The fraction of sp³-hybridized carbons (Fsp3) is 0.385. The van der Waals surface area contributed by atoms with Crippen LogP contribution < -0.4 is 5.32 Å². The van der Waals surface area contributed by atoms with Gasteiger partial charge in [-0.25, -0.2) is 4.79 Å². The number of amides is 1. The smallest absolute Gasteiger partial charge is 0.332 e. The number of aryl methyl sites for hydroxylation is 1. The van der Waals surface area contributed by atoms with Gasteiger partial charge in [-0.2, -0.15) is 0 Å². The second-order valence-corrected chi connectivity index (χ2v) is 4.38. The molecule has 1 amide bonds. The number of anilines is 1. The summed E-state index contributed by atoms with van der Waals surface area (Å²) in [7, 11) is 0. The summed E-state index contributed by atoms with van der Waals surface area (Å²) in [6.45, 7) is 1.96. The molecule has 1 fully saturated rings. The van der Waals surface area contributed by atoms with Crippen molar-refractivity contribution in [3.8, 4) is 0 Å². The first-order chi connectivity index (χ1) is 8.56. The first-order valence-electron chi connectivity index (χ1n) is 5.82. The van der Waals surface area contributed by atoms with Crippen LogP contribution in [0.3, 0.4) is 0 Å². The highest BCUT2D eigenvalue weighted by Gasteiger charge is 2.34. The molecule has 0 saturated carbocycles. The molecular formula is C13H15NO4. The molecule has 5 heteroatoms. The topological polar surface area (TPSA) is 75.6 Å². The molecular weight excluding hydrogens is 234 g/mol. The van der Waals surface area contributed by atoms with Crippen LogP contribution in [0.4, 0.5) is 5.69 Å². The highest BCUT2D eigenvalue weighted by atomic mass is 16.5. The van der Waals surface area contributed by atoms with Crippen molar-refractivity contribution in [1.29, 1.82) is 0 Å². The van der Waals surface area contributed by atoms with Crippen LogP contribution in [0.5, 0.6) is 0 Å². The summed E-state index contributed by atoms with van der Waals surface area (Å²) in [4.78, 5) is 22.5. The van der Waals surface area contributed by atoms with Crippen molar-refractivity contribution in [2.45, 2.75) is 32.0 Å². The van der Waals surface area contributed by atoms with Gasteiger partial charge < -0.3 is 15.2 Å². The Morgan fingerprint density at radius 2 is 1.83 bits per heavy atom. The van der Waals surface area contributed by atoms with Crippen LogP contribution in [-0.4, -0.2) is 29.2 Å². The molecule has 2 atom stereocenters. The van der Waals surface area contributed by atoms with E-state index in [-0.39, 0.29) is 5.91 Å². The number of carbonyl (C=O) groups excluding carboxylic acids is 1. The molecule has 1 saturated heterocycles. The van der Waals surface area contributed by atoms with E-state index in [1.54, 1.807) is 12.1 Å². The summed E-state index contributed by atoms with van der Waals surface area (Å²) in [6.07, 6.45) is -0.720. The highest BCUT2D eigenvalue weighted by Crippen LogP contribution is 2.21. The molecule has 0 aliphatic carbocycles. The zero-order valence-electron chi connectivity index (χ0n) is 10.1. The Bertz CT molecular complexity index is 455. The van der Waals surface area contributed by atoms with Gasteiger partial charge in [0.05, 0.1) is 0 Å². The average molecular weight is 249 g/mol. The zero-order valence-corrected chi connectivity index (χ0v) is 10.1. The second kappa shape index (κ2) is 5.18. The molecule has 0 spiro atoms. The van der Waals surface area contributed by atoms with Gasteiger partial charge in [0, 0.05) is 5.69 Å². The largest absolute Gasteiger partial charge is 0.479 e. The van der Waals surface area contributed by atoms with Crippen LogP contribution in [0.2, 0.25) is 0 Å². The van der Waals surface area contributed by atoms with Crippen molar-refractivity contribution in [3.63, 3.8) is 0 Å². The van der Waals surface area contributed by atoms with Crippen LogP contribution in [-0.2, 0) is 14.3 Å². The SMILES string of the molecule is Cc1ccc(NC(=O)[C@@H]2CC[C@H](C(=O)O)O2)cc1. The minimum absolute atomic E-state index is 0.289. The molecule has 18 heavy (non-hydrogen) atoms. The molecule has 0 bridgehead atoms. The number of carbonyl (C=O) groups is 2. The van der Waals surface area contributed by atoms with Gasteiger partial charge in [0.1, 0.15) is 6.10 Å². The molecule has 1 aliphatic rings. The number of carboxylic acid groups (broad SMARTS) is 1. The lowest BCUT2D eigenvalue weighted by Gasteiger charge is -2.11. The van der Waals surface area contributed by atoms with Crippen molar-refractivity contribution in [3.05, 3.63) is 29.8 Å². The van der Waals surface area contributed by atoms with Crippen LogP contribution >= 0.6 is 0 Å². The first kappa shape index (κ1) is 12.6. The summed E-state index contributed by atoms with van der Waals surface area (Å²) >= 11 is 0. The van der Waals surface area contributed by atoms with E-state index in [9.17, 15) is 9.59 Å². The van der Waals surface area contributed by atoms with Crippen molar-refractivity contribution in [1.82, 2.24) is 0 Å². The number of hydrogen-bond acceptors (Lipinski definition) is 3. The van der Waals surface area contributed by atoms with E-state index in [0.29, 0.717) is 18.5 Å². The maximum absolute atomic E-state index is 11.8. The van der Waals surface area contributed by atoms with E-state index in [2.05, 4.69) is 5.32 Å². The molecule has 0 aromatic heterocycles. The number of carboxylic acids is 1. The Kier molecular flexibility index (Phi) is 3.62. The van der Waals surface area contributed by atoms with E-state index in [4.69, 9.17) is 9.84 Å². The molecule has 1 heterocycles. The minimum atomic E-state index is -1.01.